The zero-order valence-corrected chi connectivity index (χ0v) is 13.4. The van der Waals surface area contributed by atoms with Gasteiger partial charge in [0.05, 0.1) is 6.61 Å². The molecule has 0 bridgehead atoms. The number of thiazole rings is 1. The predicted octanol–water partition coefficient (Wildman–Crippen LogP) is 2.96. The summed E-state index contributed by atoms with van der Waals surface area (Å²) in [6.07, 6.45) is 0. The minimum atomic E-state index is -0.311. The summed E-state index contributed by atoms with van der Waals surface area (Å²) in [6, 6.07) is 0.444. The molecule has 1 saturated heterocycles. The molecule has 0 radical (unpaired) electrons. The van der Waals surface area contributed by atoms with Crippen molar-refractivity contribution in [2.75, 3.05) is 23.8 Å². The van der Waals surface area contributed by atoms with Crippen LogP contribution in [0, 0.1) is 6.92 Å². The number of nitrogens with zero attached hydrogens (tertiary/aromatic N) is 2. The van der Waals surface area contributed by atoms with E-state index >= 15 is 0 Å². The van der Waals surface area contributed by atoms with E-state index in [4.69, 9.17) is 4.74 Å². The van der Waals surface area contributed by atoms with Crippen LogP contribution in [0.1, 0.15) is 36.1 Å². The van der Waals surface area contributed by atoms with E-state index < -0.39 is 0 Å². The molecule has 1 aromatic heterocycles. The zero-order valence-electron chi connectivity index (χ0n) is 11.8. The molecular formula is C13H20N2O2S2. The van der Waals surface area contributed by atoms with Crippen molar-refractivity contribution < 1.29 is 9.53 Å². The summed E-state index contributed by atoms with van der Waals surface area (Å²) in [4.78, 5) is 19.5. The molecule has 2 heterocycles. The lowest BCUT2D eigenvalue weighted by molar-refractivity contribution is 0.0519. The van der Waals surface area contributed by atoms with Crippen molar-refractivity contribution in [3.8, 4) is 0 Å². The third-order valence-corrected chi connectivity index (χ3v) is 5.73. The fraction of sp³-hybridized carbons (Fsp3) is 0.692. The molecule has 1 fully saturated rings. The minimum absolute atomic E-state index is 0.311. The van der Waals surface area contributed by atoms with Crippen molar-refractivity contribution in [1.29, 1.82) is 0 Å². The van der Waals surface area contributed by atoms with Gasteiger partial charge in [-0.15, -0.1) is 11.3 Å². The van der Waals surface area contributed by atoms with Crippen molar-refractivity contribution >= 4 is 34.2 Å². The molecule has 2 unspecified atom stereocenters. The Balaban J connectivity index is 2.21. The summed E-state index contributed by atoms with van der Waals surface area (Å²) in [7, 11) is 0. The van der Waals surface area contributed by atoms with Crippen LogP contribution in [-0.4, -0.2) is 41.1 Å². The topological polar surface area (TPSA) is 42.4 Å². The summed E-state index contributed by atoms with van der Waals surface area (Å²) in [5.41, 5.74) is 0.472. The number of rotatable bonds is 3. The molecule has 0 N–H and O–H groups in total. The van der Waals surface area contributed by atoms with Crippen molar-refractivity contribution in [2.24, 2.45) is 0 Å². The smallest absolute Gasteiger partial charge is 0.358 e. The normalized spacial score (nSPS) is 23.5. The van der Waals surface area contributed by atoms with Gasteiger partial charge in [-0.2, -0.15) is 11.8 Å². The Hall–Kier alpha value is -0.750. The largest absolute Gasteiger partial charge is 0.461 e. The summed E-state index contributed by atoms with van der Waals surface area (Å²) >= 11 is 3.58. The van der Waals surface area contributed by atoms with Gasteiger partial charge in [-0.25, -0.2) is 9.78 Å². The van der Waals surface area contributed by atoms with Crippen LogP contribution in [0.4, 0.5) is 5.13 Å². The second kappa shape index (κ2) is 6.13. The number of aryl methyl sites for hydroxylation is 1. The summed E-state index contributed by atoms with van der Waals surface area (Å²) in [5, 5.41) is 1.53. The molecule has 0 aromatic carbocycles. The molecule has 2 atom stereocenters. The van der Waals surface area contributed by atoms with Gasteiger partial charge in [-0.3, -0.25) is 0 Å². The van der Waals surface area contributed by atoms with E-state index in [9.17, 15) is 4.79 Å². The quantitative estimate of drug-likeness (QED) is 0.803. The molecule has 0 spiro atoms. The van der Waals surface area contributed by atoms with E-state index in [0.717, 1.165) is 22.3 Å². The second-order valence-corrected chi connectivity index (χ2v) is 7.30. The fourth-order valence-electron chi connectivity index (χ4n) is 2.10. The highest BCUT2D eigenvalue weighted by Crippen LogP contribution is 2.33. The predicted molar refractivity (Wildman–Crippen MR) is 81.5 cm³/mol. The van der Waals surface area contributed by atoms with Gasteiger partial charge < -0.3 is 9.64 Å². The Morgan fingerprint density at radius 3 is 2.95 bits per heavy atom. The maximum Gasteiger partial charge on any atom is 0.358 e. The van der Waals surface area contributed by atoms with Crippen molar-refractivity contribution in [2.45, 2.75) is 39.0 Å². The molecule has 2 rings (SSSR count). The van der Waals surface area contributed by atoms with E-state index in [0.29, 0.717) is 23.6 Å². The molecule has 6 heteroatoms. The summed E-state index contributed by atoms with van der Waals surface area (Å²) < 4.78 is 5.04. The van der Waals surface area contributed by atoms with Gasteiger partial charge in [-0.1, -0.05) is 6.92 Å². The standard InChI is InChI=1S/C13H20N2O2S2/c1-5-17-12(16)11-10(4)19-13(14-11)15-6-7-18-9(3)8(15)2/h8-9H,5-7H2,1-4H3. The van der Waals surface area contributed by atoms with Crippen LogP contribution in [-0.2, 0) is 4.74 Å². The van der Waals surface area contributed by atoms with Gasteiger partial charge in [0.25, 0.3) is 0 Å². The van der Waals surface area contributed by atoms with E-state index in [1.807, 2.05) is 25.6 Å². The van der Waals surface area contributed by atoms with E-state index in [2.05, 4.69) is 23.7 Å². The number of aromatic nitrogens is 1. The monoisotopic (exact) mass is 300 g/mol. The highest BCUT2D eigenvalue weighted by atomic mass is 32.2. The number of carbonyl (C=O) groups excluding carboxylic acids is 1. The van der Waals surface area contributed by atoms with Gasteiger partial charge >= 0.3 is 5.97 Å². The zero-order chi connectivity index (χ0) is 14.0. The fourth-order valence-corrected chi connectivity index (χ4v) is 4.21. The molecular weight excluding hydrogens is 280 g/mol. The Labute approximate surface area is 122 Å². The first kappa shape index (κ1) is 14.7. The third kappa shape index (κ3) is 3.05. The van der Waals surface area contributed by atoms with Crippen LogP contribution >= 0.6 is 23.1 Å². The number of anilines is 1. The van der Waals surface area contributed by atoms with E-state index in [1.54, 1.807) is 11.3 Å². The highest BCUT2D eigenvalue weighted by molar-refractivity contribution is 8.00. The molecule has 0 saturated carbocycles. The molecule has 106 valence electrons. The average molecular weight is 300 g/mol. The van der Waals surface area contributed by atoms with Crippen molar-refractivity contribution in [3.63, 3.8) is 0 Å². The number of ether oxygens (including phenoxy) is 1. The van der Waals surface area contributed by atoms with Gasteiger partial charge in [0.2, 0.25) is 0 Å². The molecule has 1 aliphatic heterocycles. The number of thioether (sulfide) groups is 1. The second-order valence-electron chi connectivity index (χ2n) is 4.63. The van der Waals surface area contributed by atoms with Crippen LogP contribution < -0.4 is 4.90 Å². The maximum atomic E-state index is 11.8. The molecule has 0 amide bonds. The Morgan fingerprint density at radius 1 is 1.53 bits per heavy atom. The third-order valence-electron chi connectivity index (χ3n) is 3.38. The highest BCUT2D eigenvalue weighted by Gasteiger charge is 2.28. The maximum absolute atomic E-state index is 11.8. The number of carbonyl (C=O) groups is 1. The van der Waals surface area contributed by atoms with Crippen LogP contribution in [0.2, 0.25) is 0 Å². The van der Waals surface area contributed by atoms with Gasteiger partial charge in [0.1, 0.15) is 0 Å². The molecule has 4 nitrogen and oxygen atoms in total. The minimum Gasteiger partial charge on any atom is -0.461 e. The lowest BCUT2D eigenvalue weighted by Gasteiger charge is -2.37. The first-order valence-electron chi connectivity index (χ1n) is 6.57. The SMILES string of the molecule is CCOC(=O)c1nc(N2CCSC(C)C2C)sc1C. The summed E-state index contributed by atoms with van der Waals surface area (Å²) in [5.74, 6) is 0.799. The van der Waals surface area contributed by atoms with Crippen LogP contribution in [0.25, 0.3) is 0 Å². The first-order valence-corrected chi connectivity index (χ1v) is 8.44. The van der Waals surface area contributed by atoms with Crippen LogP contribution in [0.3, 0.4) is 0 Å². The Morgan fingerprint density at radius 2 is 2.26 bits per heavy atom. The molecule has 1 aromatic rings. The van der Waals surface area contributed by atoms with Crippen LogP contribution in [0.15, 0.2) is 0 Å². The van der Waals surface area contributed by atoms with Crippen molar-refractivity contribution in [1.82, 2.24) is 4.98 Å². The molecule has 0 aliphatic carbocycles. The number of hydrogen-bond acceptors (Lipinski definition) is 6. The van der Waals surface area contributed by atoms with E-state index in [-0.39, 0.29) is 5.97 Å². The Bertz CT molecular complexity index is 461. The van der Waals surface area contributed by atoms with Crippen LogP contribution in [0.5, 0.6) is 0 Å². The van der Waals surface area contributed by atoms with Gasteiger partial charge in [-0.05, 0) is 20.8 Å². The van der Waals surface area contributed by atoms with Gasteiger partial charge in [0, 0.05) is 28.5 Å². The lowest BCUT2D eigenvalue weighted by Crippen LogP contribution is -2.44. The first-order chi connectivity index (χ1) is 9.04. The average Bonchev–Trinajstić information content (AvgIpc) is 2.75. The number of hydrogen-bond donors (Lipinski definition) is 0. The molecule has 1 aliphatic rings. The lowest BCUT2D eigenvalue weighted by atomic mass is 10.2. The van der Waals surface area contributed by atoms with E-state index in [1.165, 1.54) is 0 Å². The summed E-state index contributed by atoms with van der Waals surface area (Å²) in [6.45, 7) is 9.59. The number of esters is 1. The van der Waals surface area contributed by atoms with Gasteiger partial charge in [0.15, 0.2) is 10.8 Å². The Kier molecular flexibility index (Phi) is 4.73. The molecule has 19 heavy (non-hydrogen) atoms. The van der Waals surface area contributed by atoms with Crippen molar-refractivity contribution in [3.05, 3.63) is 10.6 Å².